The van der Waals surface area contributed by atoms with E-state index in [4.69, 9.17) is 10.5 Å². The zero-order valence-electron chi connectivity index (χ0n) is 15.3. The molecule has 3 N–H and O–H groups in total. The van der Waals surface area contributed by atoms with Gasteiger partial charge in [0, 0.05) is 5.54 Å². The number of hydrogen-bond donors (Lipinski definition) is 2. The Bertz CT molecular complexity index is 591. The Morgan fingerprint density at radius 3 is 2.24 bits per heavy atom. The van der Waals surface area contributed by atoms with Gasteiger partial charge in [-0.1, -0.05) is 49.4 Å². The van der Waals surface area contributed by atoms with Crippen LogP contribution in [0.3, 0.4) is 0 Å². The molecule has 0 heterocycles. The normalized spacial score (nSPS) is 13.4. The predicted octanol–water partition coefficient (Wildman–Crippen LogP) is 4.12. The first kappa shape index (κ1) is 19.5. The third kappa shape index (κ3) is 6.89. The van der Waals surface area contributed by atoms with Crippen molar-refractivity contribution < 1.29 is 9.84 Å². The summed E-state index contributed by atoms with van der Waals surface area (Å²) >= 11 is 0. The second-order valence-electron chi connectivity index (χ2n) is 6.81. The van der Waals surface area contributed by atoms with Gasteiger partial charge >= 0.3 is 0 Å². The number of rotatable bonds is 11. The minimum absolute atomic E-state index is 0.0354. The zero-order valence-corrected chi connectivity index (χ0v) is 15.3. The fraction of sp³-hybridized carbons (Fsp3) is 0.455. The van der Waals surface area contributed by atoms with Crippen molar-refractivity contribution in [3.8, 4) is 5.75 Å². The Morgan fingerprint density at radius 2 is 1.60 bits per heavy atom. The first-order chi connectivity index (χ1) is 12.1. The van der Waals surface area contributed by atoms with Gasteiger partial charge in [0.05, 0.1) is 13.2 Å². The molecule has 0 saturated heterocycles. The second-order valence-corrected chi connectivity index (χ2v) is 6.81. The second kappa shape index (κ2) is 10.2. The molecule has 0 radical (unpaired) electrons. The predicted molar refractivity (Wildman–Crippen MR) is 104 cm³/mol. The molecule has 0 saturated carbocycles. The molecule has 0 fully saturated rings. The molecule has 3 heteroatoms. The summed E-state index contributed by atoms with van der Waals surface area (Å²) in [4.78, 5) is 0. The number of aliphatic hydroxyl groups excluding tert-OH is 1. The largest absolute Gasteiger partial charge is 0.494 e. The summed E-state index contributed by atoms with van der Waals surface area (Å²) in [7, 11) is 0. The van der Waals surface area contributed by atoms with Gasteiger partial charge in [-0.25, -0.2) is 0 Å². The summed E-state index contributed by atoms with van der Waals surface area (Å²) in [6.07, 6.45) is 5.75. The molecule has 0 amide bonds. The SMILES string of the molecule is CCC(N)(CO)CCc1ccc(OCCCCc2ccccc2)cc1. The van der Waals surface area contributed by atoms with Gasteiger partial charge in [0.2, 0.25) is 0 Å². The lowest BCUT2D eigenvalue weighted by Crippen LogP contribution is -2.43. The number of aryl methyl sites for hydroxylation is 2. The Hall–Kier alpha value is -1.84. The summed E-state index contributed by atoms with van der Waals surface area (Å²) in [5.74, 6) is 0.917. The van der Waals surface area contributed by atoms with Crippen LogP contribution in [0.15, 0.2) is 54.6 Å². The molecule has 0 aliphatic rings. The van der Waals surface area contributed by atoms with Crippen LogP contribution >= 0.6 is 0 Å². The summed E-state index contributed by atoms with van der Waals surface area (Å²) in [6.45, 7) is 2.80. The molecule has 1 unspecified atom stereocenters. The van der Waals surface area contributed by atoms with Crippen LogP contribution < -0.4 is 10.5 Å². The maximum absolute atomic E-state index is 9.38. The van der Waals surface area contributed by atoms with E-state index >= 15 is 0 Å². The first-order valence-electron chi connectivity index (χ1n) is 9.30. The number of aliphatic hydroxyl groups is 1. The van der Waals surface area contributed by atoms with Gasteiger partial charge in [-0.15, -0.1) is 0 Å². The van der Waals surface area contributed by atoms with Crippen molar-refractivity contribution in [1.29, 1.82) is 0 Å². The van der Waals surface area contributed by atoms with Crippen LogP contribution in [-0.2, 0) is 12.8 Å². The van der Waals surface area contributed by atoms with Crippen LogP contribution in [0.5, 0.6) is 5.75 Å². The van der Waals surface area contributed by atoms with Crippen molar-refractivity contribution in [3.63, 3.8) is 0 Å². The number of benzene rings is 2. The maximum Gasteiger partial charge on any atom is 0.119 e. The van der Waals surface area contributed by atoms with E-state index in [9.17, 15) is 5.11 Å². The lowest BCUT2D eigenvalue weighted by molar-refractivity contribution is 0.183. The highest BCUT2D eigenvalue weighted by atomic mass is 16.5. The molecule has 0 bridgehead atoms. The molecule has 2 rings (SSSR count). The van der Waals surface area contributed by atoms with E-state index in [1.807, 2.05) is 19.1 Å². The van der Waals surface area contributed by atoms with Crippen molar-refractivity contribution in [2.45, 2.75) is 51.0 Å². The van der Waals surface area contributed by atoms with Crippen molar-refractivity contribution in [2.75, 3.05) is 13.2 Å². The van der Waals surface area contributed by atoms with Crippen LogP contribution in [0, 0.1) is 0 Å². The van der Waals surface area contributed by atoms with Crippen molar-refractivity contribution in [2.24, 2.45) is 5.73 Å². The molecule has 25 heavy (non-hydrogen) atoms. The van der Waals surface area contributed by atoms with Crippen LogP contribution in [0.4, 0.5) is 0 Å². The minimum Gasteiger partial charge on any atom is -0.494 e. The van der Waals surface area contributed by atoms with Gasteiger partial charge in [0.15, 0.2) is 0 Å². The Labute approximate surface area is 151 Å². The van der Waals surface area contributed by atoms with Gasteiger partial charge in [-0.05, 0) is 61.8 Å². The molecule has 3 nitrogen and oxygen atoms in total. The average Bonchev–Trinajstić information content (AvgIpc) is 2.67. The van der Waals surface area contributed by atoms with Crippen LogP contribution in [0.2, 0.25) is 0 Å². The number of ether oxygens (including phenoxy) is 1. The lowest BCUT2D eigenvalue weighted by atomic mass is 9.90. The van der Waals surface area contributed by atoms with E-state index < -0.39 is 5.54 Å². The quantitative estimate of drug-likeness (QED) is 0.605. The van der Waals surface area contributed by atoms with E-state index in [0.29, 0.717) is 0 Å². The monoisotopic (exact) mass is 341 g/mol. The topological polar surface area (TPSA) is 55.5 Å². The number of nitrogens with two attached hydrogens (primary N) is 1. The maximum atomic E-state index is 9.38. The standard InChI is InChI=1S/C22H31NO2/c1-2-22(23,18-24)16-15-20-11-13-21(14-12-20)25-17-7-6-10-19-8-4-3-5-9-19/h3-5,8-9,11-14,24H,2,6-7,10,15-18,23H2,1H3. The minimum atomic E-state index is -0.464. The van der Waals surface area contributed by atoms with E-state index in [1.165, 1.54) is 11.1 Å². The molecule has 0 aromatic heterocycles. The Morgan fingerprint density at radius 1 is 0.920 bits per heavy atom. The third-order valence-corrected chi connectivity index (χ3v) is 4.83. The number of unbranched alkanes of at least 4 members (excludes halogenated alkanes) is 1. The Kier molecular flexibility index (Phi) is 7.96. The highest BCUT2D eigenvalue weighted by Gasteiger charge is 2.20. The third-order valence-electron chi connectivity index (χ3n) is 4.83. The molecule has 2 aromatic carbocycles. The average molecular weight is 341 g/mol. The molecular weight excluding hydrogens is 310 g/mol. The van der Waals surface area contributed by atoms with E-state index in [0.717, 1.165) is 50.9 Å². The van der Waals surface area contributed by atoms with E-state index in [-0.39, 0.29) is 6.61 Å². The molecule has 136 valence electrons. The summed E-state index contributed by atoms with van der Waals surface area (Å²) in [6, 6.07) is 18.8. The van der Waals surface area contributed by atoms with Gasteiger partial charge in [0.25, 0.3) is 0 Å². The Balaban J connectivity index is 1.66. The van der Waals surface area contributed by atoms with Crippen LogP contribution in [0.1, 0.15) is 43.7 Å². The molecule has 0 spiro atoms. The van der Waals surface area contributed by atoms with Gasteiger partial charge < -0.3 is 15.6 Å². The highest BCUT2D eigenvalue weighted by Crippen LogP contribution is 2.18. The lowest BCUT2D eigenvalue weighted by Gasteiger charge is -2.25. The summed E-state index contributed by atoms with van der Waals surface area (Å²) < 4.78 is 5.82. The van der Waals surface area contributed by atoms with Gasteiger partial charge in [-0.2, -0.15) is 0 Å². The van der Waals surface area contributed by atoms with Gasteiger partial charge in [-0.3, -0.25) is 0 Å². The van der Waals surface area contributed by atoms with Gasteiger partial charge in [0.1, 0.15) is 5.75 Å². The van der Waals surface area contributed by atoms with Crippen molar-refractivity contribution in [3.05, 3.63) is 65.7 Å². The first-order valence-corrected chi connectivity index (χ1v) is 9.30. The fourth-order valence-electron chi connectivity index (χ4n) is 2.78. The van der Waals surface area contributed by atoms with Crippen LogP contribution in [0.25, 0.3) is 0 Å². The zero-order chi connectivity index (χ0) is 18.0. The summed E-state index contributed by atoms with van der Waals surface area (Å²) in [5.41, 5.74) is 8.29. The van der Waals surface area contributed by atoms with Crippen molar-refractivity contribution >= 4 is 0 Å². The molecule has 0 aliphatic carbocycles. The smallest absolute Gasteiger partial charge is 0.119 e. The molecular formula is C22H31NO2. The fourth-order valence-corrected chi connectivity index (χ4v) is 2.78. The highest BCUT2D eigenvalue weighted by molar-refractivity contribution is 5.27. The molecule has 2 aromatic rings. The number of hydrogen-bond acceptors (Lipinski definition) is 3. The van der Waals surface area contributed by atoms with E-state index in [1.54, 1.807) is 0 Å². The molecule has 0 aliphatic heterocycles. The molecule has 1 atom stereocenters. The van der Waals surface area contributed by atoms with Crippen molar-refractivity contribution in [1.82, 2.24) is 0 Å². The van der Waals surface area contributed by atoms with E-state index in [2.05, 4.69) is 42.5 Å². The van der Waals surface area contributed by atoms with Crippen LogP contribution in [-0.4, -0.2) is 23.9 Å². The summed E-state index contributed by atoms with van der Waals surface area (Å²) in [5, 5.41) is 9.38.